The van der Waals surface area contributed by atoms with Crippen LogP contribution in [0.15, 0.2) is 85.1 Å². The quantitative estimate of drug-likeness (QED) is 0.352. The Balaban J connectivity index is 1.37. The number of rotatable bonds is 2. The van der Waals surface area contributed by atoms with Crippen molar-refractivity contribution in [2.45, 2.75) is 25.1 Å². The first-order valence-corrected chi connectivity index (χ1v) is 14.5. The molecular formula is C34H31FN4O6. The number of hydrogen-bond donors (Lipinski definition) is 2. The van der Waals surface area contributed by atoms with E-state index in [1.54, 1.807) is 78.9 Å². The molecule has 3 aromatic carbocycles. The van der Waals surface area contributed by atoms with Gasteiger partial charge in [0.15, 0.2) is 6.61 Å². The standard InChI is InChI=1S/C34H31FN4O6/c1-43-30-9-8-23-16-27(30)22-5-4-6-25(15-22)44-20-32(40)37-18-21-13-24(35)17-26(14-21)45-31-10-12-39(19-29(31)38-33(23)41)34(42)28-7-2-3-11-36-28/h2-9,11,13-17,29,31H,10,12,18-20H2,1H3,(H,37,40)(H,38,41)/t29-,31-/m1/s1. The van der Waals surface area contributed by atoms with E-state index in [4.69, 9.17) is 14.2 Å². The Morgan fingerprint density at radius 1 is 1.00 bits per heavy atom. The Morgan fingerprint density at radius 2 is 1.89 bits per heavy atom. The number of likely N-dealkylation sites (tertiary alicyclic amines) is 1. The monoisotopic (exact) mass is 610 g/mol. The number of fused-ring (bicyclic) bond motifs is 8. The Morgan fingerprint density at radius 3 is 2.71 bits per heavy atom. The number of piperidine rings is 1. The Hall–Kier alpha value is -5.45. The lowest BCUT2D eigenvalue weighted by Crippen LogP contribution is -2.58. The van der Waals surface area contributed by atoms with Crippen LogP contribution in [0.1, 0.15) is 32.8 Å². The number of hydrogen-bond acceptors (Lipinski definition) is 7. The first-order valence-electron chi connectivity index (χ1n) is 14.5. The van der Waals surface area contributed by atoms with Crippen molar-refractivity contribution < 1.29 is 33.0 Å². The average Bonchev–Trinajstić information content (AvgIpc) is 3.06. The number of carbonyl (C=O) groups is 3. The number of nitrogens with zero attached hydrogens (tertiary/aromatic N) is 2. The van der Waals surface area contributed by atoms with Gasteiger partial charge in [0.2, 0.25) is 0 Å². The van der Waals surface area contributed by atoms with Crippen LogP contribution in [-0.2, 0) is 11.3 Å². The van der Waals surface area contributed by atoms with Gasteiger partial charge in [0.25, 0.3) is 17.7 Å². The maximum Gasteiger partial charge on any atom is 0.272 e. The largest absolute Gasteiger partial charge is 0.496 e. The van der Waals surface area contributed by atoms with Crippen molar-refractivity contribution >= 4 is 17.7 Å². The lowest BCUT2D eigenvalue weighted by atomic mass is 9.99. The van der Waals surface area contributed by atoms with Crippen molar-refractivity contribution in [2.24, 2.45) is 0 Å². The second-order valence-electron chi connectivity index (χ2n) is 10.8. The van der Waals surface area contributed by atoms with Gasteiger partial charge in [-0.15, -0.1) is 0 Å². The first-order chi connectivity index (χ1) is 21.9. The molecule has 2 aliphatic rings. The van der Waals surface area contributed by atoms with Gasteiger partial charge in [-0.3, -0.25) is 19.4 Å². The molecule has 2 aliphatic heterocycles. The van der Waals surface area contributed by atoms with E-state index in [9.17, 15) is 18.8 Å². The zero-order chi connectivity index (χ0) is 31.3. The van der Waals surface area contributed by atoms with Crippen molar-refractivity contribution in [2.75, 3.05) is 26.8 Å². The summed E-state index contributed by atoms with van der Waals surface area (Å²) in [5.74, 6) is -0.346. The summed E-state index contributed by atoms with van der Waals surface area (Å²) in [6.07, 6.45) is 1.33. The molecule has 1 fully saturated rings. The molecule has 1 saturated heterocycles. The number of methoxy groups -OCH3 is 1. The highest BCUT2D eigenvalue weighted by atomic mass is 19.1. The van der Waals surface area contributed by atoms with Crippen molar-refractivity contribution in [3.63, 3.8) is 0 Å². The molecule has 3 amide bonds. The van der Waals surface area contributed by atoms with E-state index in [1.165, 1.54) is 12.1 Å². The molecule has 6 rings (SSSR count). The molecule has 6 bridgehead atoms. The van der Waals surface area contributed by atoms with Crippen molar-refractivity contribution in [3.8, 4) is 28.4 Å². The molecule has 3 heterocycles. The van der Waals surface area contributed by atoms with Crippen LogP contribution in [-0.4, -0.2) is 66.6 Å². The Bertz CT molecular complexity index is 1730. The van der Waals surface area contributed by atoms with Gasteiger partial charge in [0.05, 0.1) is 13.2 Å². The van der Waals surface area contributed by atoms with E-state index < -0.39 is 18.0 Å². The number of ether oxygens (including phenoxy) is 3. The lowest BCUT2D eigenvalue weighted by molar-refractivity contribution is -0.123. The summed E-state index contributed by atoms with van der Waals surface area (Å²) in [4.78, 5) is 45.4. The summed E-state index contributed by atoms with van der Waals surface area (Å²) in [7, 11) is 1.54. The van der Waals surface area contributed by atoms with Gasteiger partial charge >= 0.3 is 0 Å². The van der Waals surface area contributed by atoms with E-state index in [0.717, 1.165) is 5.56 Å². The number of carbonyl (C=O) groups excluding carboxylic acids is 3. The van der Waals surface area contributed by atoms with Gasteiger partial charge in [-0.05, 0) is 65.7 Å². The molecular weight excluding hydrogens is 579 g/mol. The maximum atomic E-state index is 14.7. The lowest BCUT2D eigenvalue weighted by Gasteiger charge is -2.38. The molecule has 4 aromatic rings. The molecule has 0 saturated carbocycles. The fourth-order valence-corrected chi connectivity index (χ4v) is 5.49. The summed E-state index contributed by atoms with van der Waals surface area (Å²) in [5.41, 5.74) is 2.50. The number of benzene rings is 3. The molecule has 230 valence electrons. The van der Waals surface area contributed by atoms with E-state index in [2.05, 4.69) is 15.6 Å². The summed E-state index contributed by atoms with van der Waals surface area (Å²) in [6, 6.07) is 20.8. The smallest absolute Gasteiger partial charge is 0.272 e. The molecule has 10 nitrogen and oxygen atoms in total. The van der Waals surface area contributed by atoms with E-state index in [-0.39, 0.29) is 43.2 Å². The topological polar surface area (TPSA) is 119 Å². The zero-order valence-electron chi connectivity index (χ0n) is 24.5. The number of pyridine rings is 1. The van der Waals surface area contributed by atoms with Gasteiger partial charge in [-0.2, -0.15) is 0 Å². The Kier molecular flexibility index (Phi) is 8.58. The van der Waals surface area contributed by atoms with Crippen LogP contribution in [0.25, 0.3) is 11.1 Å². The predicted octanol–water partition coefficient (Wildman–Crippen LogP) is 4.00. The van der Waals surface area contributed by atoms with Crippen LogP contribution in [0.4, 0.5) is 4.39 Å². The highest BCUT2D eigenvalue weighted by Crippen LogP contribution is 2.33. The van der Waals surface area contributed by atoms with Crippen molar-refractivity contribution in [3.05, 3.63) is 108 Å². The van der Waals surface area contributed by atoms with Crippen LogP contribution >= 0.6 is 0 Å². The number of aromatic nitrogens is 1. The molecule has 0 spiro atoms. The maximum absolute atomic E-state index is 14.7. The van der Waals surface area contributed by atoms with Gasteiger partial charge in [-0.25, -0.2) is 4.39 Å². The number of amides is 3. The van der Waals surface area contributed by atoms with E-state index in [0.29, 0.717) is 46.8 Å². The Labute approximate surface area is 259 Å². The normalized spacial score (nSPS) is 18.4. The predicted molar refractivity (Wildman–Crippen MR) is 163 cm³/mol. The number of halogens is 1. The molecule has 45 heavy (non-hydrogen) atoms. The third-order valence-electron chi connectivity index (χ3n) is 7.72. The second kappa shape index (κ2) is 13.0. The van der Waals surface area contributed by atoms with E-state index >= 15 is 0 Å². The van der Waals surface area contributed by atoms with Crippen LogP contribution in [0.3, 0.4) is 0 Å². The highest BCUT2D eigenvalue weighted by Gasteiger charge is 2.35. The summed E-state index contributed by atoms with van der Waals surface area (Å²) >= 11 is 0. The van der Waals surface area contributed by atoms with Gasteiger partial charge in [-0.1, -0.05) is 18.2 Å². The van der Waals surface area contributed by atoms with Crippen molar-refractivity contribution in [1.82, 2.24) is 20.5 Å². The van der Waals surface area contributed by atoms with Gasteiger partial charge in [0, 0.05) is 49.4 Å². The van der Waals surface area contributed by atoms with Gasteiger partial charge < -0.3 is 29.7 Å². The van der Waals surface area contributed by atoms with Crippen LogP contribution < -0.4 is 24.8 Å². The SMILES string of the molecule is COc1ccc2cc1-c1cccc(c1)OCC(=O)NCc1cc(F)cc(c1)O[C@@H]1CCN(C(=O)c3ccccn3)C[C@H]1NC2=O. The minimum atomic E-state index is -0.644. The van der Waals surface area contributed by atoms with E-state index in [1.807, 2.05) is 6.07 Å². The average molecular weight is 611 g/mol. The molecule has 0 aliphatic carbocycles. The molecule has 1 aromatic heterocycles. The van der Waals surface area contributed by atoms with Crippen LogP contribution in [0.2, 0.25) is 0 Å². The first kappa shape index (κ1) is 29.6. The minimum absolute atomic E-state index is 0.0522. The van der Waals surface area contributed by atoms with Crippen LogP contribution in [0.5, 0.6) is 17.2 Å². The zero-order valence-corrected chi connectivity index (χ0v) is 24.5. The summed E-state index contributed by atoms with van der Waals surface area (Å²) in [6.45, 7) is 0.288. The molecule has 0 radical (unpaired) electrons. The fourth-order valence-electron chi connectivity index (χ4n) is 5.49. The second-order valence-corrected chi connectivity index (χ2v) is 10.8. The molecule has 0 unspecified atom stereocenters. The third kappa shape index (κ3) is 6.87. The molecule has 11 heteroatoms. The van der Waals surface area contributed by atoms with Crippen LogP contribution in [0, 0.1) is 5.82 Å². The van der Waals surface area contributed by atoms with Gasteiger partial charge in [0.1, 0.15) is 34.9 Å². The summed E-state index contributed by atoms with van der Waals surface area (Å²) in [5, 5.41) is 5.80. The fraction of sp³-hybridized carbons (Fsp3) is 0.235. The highest BCUT2D eigenvalue weighted by molar-refractivity contribution is 5.97. The molecule has 2 N–H and O–H groups in total. The van der Waals surface area contributed by atoms with Crippen molar-refractivity contribution in [1.29, 1.82) is 0 Å². The minimum Gasteiger partial charge on any atom is -0.496 e. The third-order valence-corrected chi connectivity index (χ3v) is 7.72. The summed E-state index contributed by atoms with van der Waals surface area (Å²) < 4.78 is 32.3. The molecule has 2 atom stereocenters. The number of nitrogens with one attached hydrogen (secondary N) is 2.